The topological polar surface area (TPSA) is 72.8 Å². The summed E-state index contributed by atoms with van der Waals surface area (Å²) in [6.07, 6.45) is 10.3. The molecule has 0 amide bonds. The monoisotopic (exact) mass is 544 g/mol. The Balaban J connectivity index is 1.52. The van der Waals surface area contributed by atoms with Crippen LogP contribution in [0.2, 0.25) is 0 Å². The molecule has 0 heterocycles. The smallest absolute Gasteiger partial charge is 0.302 e. The molecule has 0 bridgehead atoms. The average molecular weight is 545 g/mol. The average Bonchev–Trinajstić information content (AvgIpc) is 2.81. The fourth-order valence-electron chi connectivity index (χ4n) is 12.0. The lowest BCUT2D eigenvalue weighted by atomic mass is 9.31. The molecule has 5 heteroatoms. The van der Waals surface area contributed by atoms with Crippen LogP contribution in [0.3, 0.4) is 0 Å². The maximum atomic E-state index is 12.3. The Hall–Kier alpha value is -1.10. The fraction of sp³-hybridized carbons (Fsp3) is 0.941. The van der Waals surface area contributed by atoms with Gasteiger partial charge in [0.05, 0.1) is 12.7 Å². The van der Waals surface area contributed by atoms with E-state index >= 15 is 0 Å². The molecule has 5 rings (SSSR count). The first-order valence-electron chi connectivity index (χ1n) is 15.9. The molecule has 0 aliphatic heterocycles. The van der Waals surface area contributed by atoms with Crippen molar-refractivity contribution in [2.24, 2.45) is 56.2 Å². The van der Waals surface area contributed by atoms with Crippen LogP contribution in [0, 0.1) is 56.2 Å². The first-order chi connectivity index (χ1) is 17.9. The van der Waals surface area contributed by atoms with Crippen LogP contribution in [-0.2, 0) is 19.1 Å². The number of aliphatic hydroxyl groups excluding tert-OH is 1. The predicted octanol–water partition coefficient (Wildman–Crippen LogP) is 7.33. The quantitative estimate of drug-likeness (QED) is 0.377. The Morgan fingerprint density at radius 2 is 1.46 bits per heavy atom. The molecule has 0 spiro atoms. The van der Waals surface area contributed by atoms with Crippen LogP contribution in [0.1, 0.15) is 127 Å². The maximum absolute atomic E-state index is 12.3. The second-order valence-electron chi connectivity index (χ2n) is 16.9. The third-order valence-electron chi connectivity index (χ3n) is 14.2. The van der Waals surface area contributed by atoms with E-state index in [1.54, 1.807) is 0 Å². The van der Waals surface area contributed by atoms with E-state index in [-0.39, 0.29) is 62.6 Å². The van der Waals surface area contributed by atoms with E-state index in [1.165, 1.54) is 20.3 Å². The molecule has 1 N–H and O–H groups in total. The van der Waals surface area contributed by atoms with Gasteiger partial charge in [-0.3, -0.25) is 9.59 Å². The summed E-state index contributed by atoms with van der Waals surface area (Å²) in [6, 6.07) is 0. The van der Waals surface area contributed by atoms with Crippen LogP contribution in [0.4, 0.5) is 0 Å². The normalized spacial score (nSPS) is 49.9. The Labute approximate surface area is 237 Å². The number of aliphatic hydroxyl groups is 1. The Morgan fingerprint density at radius 3 is 2.10 bits per heavy atom. The van der Waals surface area contributed by atoms with Crippen LogP contribution in [-0.4, -0.2) is 35.9 Å². The van der Waals surface area contributed by atoms with Crippen molar-refractivity contribution in [3.8, 4) is 0 Å². The van der Waals surface area contributed by atoms with Crippen LogP contribution >= 0.6 is 0 Å². The molecule has 5 nitrogen and oxygen atoms in total. The van der Waals surface area contributed by atoms with Crippen LogP contribution in [0.5, 0.6) is 0 Å². The van der Waals surface area contributed by atoms with Gasteiger partial charge in [0.2, 0.25) is 0 Å². The molecule has 0 saturated heterocycles. The molecule has 5 aliphatic carbocycles. The highest BCUT2D eigenvalue weighted by Crippen LogP contribution is 2.77. The number of carbonyl (C=O) groups is 2. The van der Waals surface area contributed by atoms with E-state index in [4.69, 9.17) is 9.47 Å². The van der Waals surface area contributed by atoms with Crippen LogP contribution in [0.25, 0.3) is 0 Å². The highest BCUT2D eigenvalue weighted by molar-refractivity contribution is 5.66. The summed E-state index contributed by atoms with van der Waals surface area (Å²) < 4.78 is 11.7. The molecule has 10 atom stereocenters. The van der Waals surface area contributed by atoms with Gasteiger partial charge in [0.25, 0.3) is 0 Å². The predicted molar refractivity (Wildman–Crippen MR) is 153 cm³/mol. The second kappa shape index (κ2) is 9.20. The minimum Gasteiger partial charge on any atom is -0.465 e. The molecule has 5 aliphatic rings. The van der Waals surface area contributed by atoms with Gasteiger partial charge in [0.1, 0.15) is 6.10 Å². The number of carbonyl (C=O) groups excluding carboxylic acids is 2. The molecule has 5 fully saturated rings. The summed E-state index contributed by atoms with van der Waals surface area (Å²) in [4.78, 5) is 23.9. The zero-order valence-electron chi connectivity index (χ0n) is 26.3. The first-order valence-corrected chi connectivity index (χ1v) is 15.9. The van der Waals surface area contributed by atoms with Crippen molar-refractivity contribution in [1.29, 1.82) is 0 Å². The summed E-state index contributed by atoms with van der Waals surface area (Å²) in [5.41, 5.74) is 0.436. The van der Waals surface area contributed by atoms with Crippen molar-refractivity contribution in [3.05, 3.63) is 0 Å². The van der Waals surface area contributed by atoms with Crippen molar-refractivity contribution in [3.63, 3.8) is 0 Å². The molecule has 5 saturated carbocycles. The van der Waals surface area contributed by atoms with E-state index in [2.05, 4.69) is 48.5 Å². The van der Waals surface area contributed by atoms with Gasteiger partial charge in [-0.15, -0.1) is 0 Å². The maximum Gasteiger partial charge on any atom is 0.302 e. The molecule has 0 aromatic heterocycles. The SMILES string of the molecule is CC(=O)OCC12CCC(C)(C)CC1[C@H]1[C@@H](O)C[C@@H]3[C@@]4(C)CC[C@H](OC(C)=O)C(C)(C)[C@@H]4CC[C@@]3(C)[C@]1(C)CC2. The summed E-state index contributed by atoms with van der Waals surface area (Å²) in [5, 5.41) is 12.3. The van der Waals surface area contributed by atoms with Gasteiger partial charge in [-0.05, 0) is 110 Å². The molecule has 2 unspecified atom stereocenters. The van der Waals surface area contributed by atoms with Gasteiger partial charge in [0, 0.05) is 24.7 Å². The third kappa shape index (κ3) is 4.24. The van der Waals surface area contributed by atoms with Gasteiger partial charge >= 0.3 is 11.9 Å². The zero-order valence-corrected chi connectivity index (χ0v) is 26.3. The molecular weight excluding hydrogens is 488 g/mol. The number of esters is 2. The highest BCUT2D eigenvalue weighted by Gasteiger charge is 2.72. The Morgan fingerprint density at radius 1 is 0.795 bits per heavy atom. The van der Waals surface area contributed by atoms with Crippen molar-refractivity contribution < 1.29 is 24.2 Å². The molecule has 39 heavy (non-hydrogen) atoms. The van der Waals surface area contributed by atoms with E-state index in [1.807, 2.05) is 0 Å². The van der Waals surface area contributed by atoms with Gasteiger partial charge in [-0.2, -0.15) is 0 Å². The number of hydrogen-bond donors (Lipinski definition) is 1. The lowest BCUT2D eigenvalue weighted by Gasteiger charge is -2.74. The lowest BCUT2D eigenvalue weighted by molar-refractivity contribution is -0.282. The van der Waals surface area contributed by atoms with E-state index in [0.717, 1.165) is 57.8 Å². The van der Waals surface area contributed by atoms with Crippen molar-refractivity contribution in [2.75, 3.05) is 6.61 Å². The standard InChI is InChI=1S/C34H56O5/c1-21(35)38-20-34-16-14-29(3,4)19-23(34)28-24(37)18-26-31(7)12-11-27(39-22(2)36)30(5,6)25(31)10-13-32(26,8)33(28,9)15-17-34/h23-28,37H,10-20H2,1-9H3/t23?,24-,25-,26+,27-,28-,31-,32+,33+,34?/m0/s1. The minimum atomic E-state index is -0.339. The van der Waals surface area contributed by atoms with E-state index in [0.29, 0.717) is 24.4 Å². The first kappa shape index (κ1) is 29.4. The van der Waals surface area contributed by atoms with Crippen LogP contribution in [0.15, 0.2) is 0 Å². The molecule has 0 aromatic carbocycles. The van der Waals surface area contributed by atoms with E-state index in [9.17, 15) is 14.7 Å². The largest absolute Gasteiger partial charge is 0.465 e. The Kier molecular flexibility index (Phi) is 6.93. The summed E-state index contributed by atoms with van der Waals surface area (Å²) in [6.45, 7) is 20.6. The number of fused-ring (bicyclic) bond motifs is 7. The number of ether oxygens (including phenoxy) is 2. The van der Waals surface area contributed by atoms with Crippen molar-refractivity contribution in [2.45, 2.75) is 139 Å². The molecule has 222 valence electrons. The lowest BCUT2D eigenvalue weighted by Crippen LogP contribution is -2.70. The van der Waals surface area contributed by atoms with Gasteiger partial charge in [-0.25, -0.2) is 0 Å². The van der Waals surface area contributed by atoms with Crippen molar-refractivity contribution in [1.82, 2.24) is 0 Å². The van der Waals surface area contributed by atoms with E-state index < -0.39 is 0 Å². The minimum absolute atomic E-state index is 0.0132. The highest BCUT2D eigenvalue weighted by atomic mass is 16.5. The summed E-state index contributed by atoms with van der Waals surface area (Å²) >= 11 is 0. The number of hydrogen-bond acceptors (Lipinski definition) is 5. The zero-order chi connectivity index (χ0) is 28.8. The molecular formula is C34H56O5. The molecule has 0 radical (unpaired) electrons. The van der Waals surface area contributed by atoms with Crippen LogP contribution < -0.4 is 0 Å². The summed E-state index contributed by atoms with van der Waals surface area (Å²) in [5.74, 6) is 1.15. The molecule has 0 aromatic rings. The second-order valence-corrected chi connectivity index (χ2v) is 16.9. The fourth-order valence-corrected chi connectivity index (χ4v) is 12.0. The van der Waals surface area contributed by atoms with Gasteiger partial charge in [-0.1, -0.05) is 48.5 Å². The van der Waals surface area contributed by atoms with Crippen molar-refractivity contribution >= 4 is 11.9 Å². The third-order valence-corrected chi connectivity index (χ3v) is 14.2. The van der Waals surface area contributed by atoms with Gasteiger partial charge < -0.3 is 14.6 Å². The van der Waals surface area contributed by atoms with Gasteiger partial charge in [0.15, 0.2) is 0 Å². The summed E-state index contributed by atoms with van der Waals surface area (Å²) in [7, 11) is 0. The Bertz CT molecular complexity index is 1000. The number of rotatable bonds is 3.